The van der Waals surface area contributed by atoms with E-state index >= 15 is 0 Å². The average Bonchev–Trinajstić information content (AvgIpc) is 3.01. The van der Waals surface area contributed by atoms with Gasteiger partial charge in [0.1, 0.15) is 0 Å². The van der Waals surface area contributed by atoms with Crippen molar-refractivity contribution < 1.29 is 9.90 Å². The molecule has 4 heteroatoms. The third kappa shape index (κ3) is 3.32. The number of carbonyl (C=O) groups is 1. The van der Waals surface area contributed by atoms with Crippen LogP contribution in [0.3, 0.4) is 0 Å². The van der Waals surface area contributed by atoms with E-state index in [4.69, 9.17) is 0 Å². The number of rotatable bonds is 3. The maximum Gasteiger partial charge on any atom is 0.156 e. The highest BCUT2D eigenvalue weighted by Crippen LogP contribution is 2.63. The first-order chi connectivity index (χ1) is 14.4. The monoisotopic (exact) mass is 423 g/mol. The minimum absolute atomic E-state index is 0.00214. The quantitative estimate of drug-likeness (QED) is 0.650. The van der Waals surface area contributed by atoms with Crippen LogP contribution in [0.15, 0.2) is 52.0 Å². The number of fused-ring (bicyclic) bond motifs is 4. The highest BCUT2D eigenvalue weighted by atomic mass is 32.2. The molecule has 0 heterocycles. The topological polar surface area (TPSA) is 40.5 Å². The Bertz CT molecular complexity index is 915. The summed E-state index contributed by atoms with van der Waals surface area (Å²) in [6.07, 6.45) is 8.58. The van der Waals surface area contributed by atoms with Crippen molar-refractivity contribution in [2.45, 2.75) is 68.8 Å². The summed E-state index contributed by atoms with van der Waals surface area (Å²) in [5.74, 6) is 1.79. The lowest BCUT2D eigenvalue weighted by atomic mass is 9.53. The van der Waals surface area contributed by atoms with Gasteiger partial charge in [-0.1, -0.05) is 24.6 Å². The Hall–Kier alpha value is -1.36. The fourth-order valence-electron chi connectivity index (χ4n) is 6.90. The van der Waals surface area contributed by atoms with Gasteiger partial charge in [-0.15, -0.1) is 0 Å². The van der Waals surface area contributed by atoms with Crippen LogP contribution in [-0.2, 0) is 4.79 Å². The maximum atomic E-state index is 12.1. The fourth-order valence-corrected chi connectivity index (χ4v) is 7.58. The van der Waals surface area contributed by atoms with Gasteiger partial charge >= 0.3 is 0 Å². The molecule has 5 unspecified atom stereocenters. The van der Waals surface area contributed by atoms with Crippen LogP contribution in [-0.4, -0.2) is 35.4 Å². The number of hydrogen-bond acceptors (Lipinski definition) is 4. The molecule has 30 heavy (non-hydrogen) atoms. The third-order valence-corrected chi connectivity index (χ3v) is 9.10. The molecule has 3 nitrogen and oxygen atoms in total. The van der Waals surface area contributed by atoms with E-state index in [0.29, 0.717) is 30.0 Å². The van der Waals surface area contributed by atoms with Crippen molar-refractivity contribution in [3.63, 3.8) is 0 Å². The van der Waals surface area contributed by atoms with Crippen molar-refractivity contribution in [2.24, 2.45) is 17.3 Å². The fraction of sp³-hybridized carbons (Fsp3) is 0.577. The molecule has 0 aliphatic heterocycles. The van der Waals surface area contributed by atoms with Gasteiger partial charge in [-0.2, -0.15) is 0 Å². The Morgan fingerprint density at radius 2 is 1.83 bits per heavy atom. The number of aliphatic hydroxyl groups is 1. The Morgan fingerprint density at radius 3 is 2.57 bits per heavy atom. The zero-order valence-corrected chi connectivity index (χ0v) is 19.2. The van der Waals surface area contributed by atoms with Gasteiger partial charge in [0, 0.05) is 17.2 Å². The molecular weight excluding hydrogens is 390 g/mol. The number of ketones is 1. The van der Waals surface area contributed by atoms with Crippen LogP contribution >= 0.6 is 11.9 Å². The van der Waals surface area contributed by atoms with E-state index in [-0.39, 0.29) is 11.5 Å². The van der Waals surface area contributed by atoms with Gasteiger partial charge in [0.2, 0.25) is 0 Å². The molecule has 5 atom stereocenters. The van der Waals surface area contributed by atoms with E-state index in [2.05, 4.69) is 49.6 Å². The van der Waals surface area contributed by atoms with Gasteiger partial charge in [0.05, 0.1) is 6.10 Å². The molecular formula is C26H33NO2S. The predicted molar refractivity (Wildman–Crippen MR) is 122 cm³/mol. The van der Waals surface area contributed by atoms with Crippen molar-refractivity contribution in [3.8, 4) is 0 Å². The van der Waals surface area contributed by atoms with Gasteiger partial charge in [0.25, 0.3) is 0 Å². The summed E-state index contributed by atoms with van der Waals surface area (Å²) in [5, 5.41) is 11.0. The number of benzene rings is 1. The van der Waals surface area contributed by atoms with Gasteiger partial charge in [-0.3, -0.25) is 9.10 Å². The van der Waals surface area contributed by atoms with Crippen molar-refractivity contribution >= 4 is 17.7 Å². The smallest absolute Gasteiger partial charge is 0.156 e. The van der Waals surface area contributed by atoms with E-state index in [1.165, 1.54) is 21.6 Å². The van der Waals surface area contributed by atoms with E-state index in [9.17, 15) is 9.90 Å². The Balaban J connectivity index is 1.60. The molecule has 2 saturated carbocycles. The molecule has 0 amide bonds. The lowest BCUT2D eigenvalue weighted by Gasteiger charge is -2.52. The van der Waals surface area contributed by atoms with Crippen LogP contribution in [0.1, 0.15) is 63.4 Å². The van der Waals surface area contributed by atoms with E-state index < -0.39 is 0 Å². The second kappa shape index (κ2) is 7.65. The van der Waals surface area contributed by atoms with E-state index in [1.807, 2.05) is 6.08 Å². The molecule has 0 bridgehead atoms. The summed E-state index contributed by atoms with van der Waals surface area (Å²) in [6, 6.07) is 9.09. The molecule has 4 aliphatic carbocycles. The second-order valence-corrected chi connectivity index (χ2v) is 11.5. The summed E-state index contributed by atoms with van der Waals surface area (Å²) in [7, 11) is 4.14. The predicted octanol–water partition coefficient (Wildman–Crippen LogP) is 5.52. The van der Waals surface area contributed by atoms with Crippen LogP contribution in [0.5, 0.6) is 0 Å². The average molecular weight is 424 g/mol. The number of hydrogen-bond donors (Lipinski definition) is 1. The molecule has 160 valence electrons. The maximum absolute atomic E-state index is 12.1. The van der Waals surface area contributed by atoms with Crippen molar-refractivity contribution in [2.75, 3.05) is 14.1 Å². The molecule has 2 fully saturated rings. The molecule has 1 aromatic carbocycles. The Labute approximate surface area is 184 Å². The van der Waals surface area contributed by atoms with Gasteiger partial charge in [0.15, 0.2) is 5.78 Å². The first-order valence-electron chi connectivity index (χ1n) is 11.5. The molecule has 0 radical (unpaired) electrons. The lowest BCUT2D eigenvalue weighted by molar-refractivity contribution is -0.114. The number of aliphatic hydroxyl groups excluding tert-OH is 1. The standard InChI is InChI=1S/C26H33NO2S/c1-26-15-22(16-4-8-19(9-5-16)30-27(2)3)25-20-11-7-18(28)14-17(20)6-10-21(25)23(26)12-13-24(26)29/h4-5,8-9,14,21-24,29H,6-7,10-13,15H2,1-3H3. The molecule has 0 saturated heterocycles. The van der Waals surface area contributed by atoms with Crippen molar-refractivity contribution in [1.29, 1.82) is 0 Å². The Morgan fingerprint density at radius 1 is 1.07 bits per heavy atom. The van der Waals surface area contributed by atoms with E-state index in [1.54, 1.807) is 17.5 Å². The summed E-state index contributed by atoms with van der Waals surface area (Å²) in [6.45, 7) is 2.34. The van der Waals surface area contributed by atoms with Crippen molar-refractivity contribution in [1.82, 2.24) is 4.31 Å². The minimum atomic E-state index is -0.190. The lowest BCUT2D eigenvalue weighted by Crippen LogP contribution is -2.45. The normalized spacial score (nSPS) is 35.8. The van der Waals surface area contributed by atoms with Gasteiger partial charge in [-0.05, 0) is 117 Å². The van der Waals surface area contributed by atoms with Crippen molar-refractivity contribution in [3.05, 3.63) is 52.6 Å². The number of nitrogens with zero attached hydrogens (tertiary/aromatic N) is 1. The van der Waals surface area contributed by atoms with Crippen LogP contribution in [0, 0.1) is 17.3 Å². The van der Waals surface area contributed by atoms with Crippen LogP contribution < -0.4 is 0 Å². The van der Waals surface area contributed by atoms with Gasteiger partial charge in [-0.25, -0.2) is 0 Å². The molecule has 4 aliphatic rings. The molecule has 1 N–H and O–H groups in total. The first kappa shape index (κ1) is 20.5. The third-order valence-electron chi connectivity index (χ3n) is 8.25. The van der Waals surface area contributed by atoms with Crippen LogP contribution in [0.4, 0.5) is 0 Å². The summed E-state index contributed by atoms with van der Waals surface area (Å²) in [4.78, 5) is 13.3. The van der Waals surface area contributed by atoms with Crippen LogP contribution in [0.25, 0.3) is 0 Å². The first-order valence-corrected chi connectivity index (χ1v) is 12.2. The molecule has 1 aromatic rings. The largest absolute Gasteiger partial charge is 0.393 e. The summed E-state index contributed by atoms with van der Waals surface area (Å²) >= 11 is 1.74. The Kier molecular flexibility index (Phi) is 5.24. The zero-order chi connectivity index (χ0) is 21.0. The van der Waals surface area contributed by atoms with Crippen LogP contribution in [0.2, 0.25) is 0 Å². The minimum Gasteiger partial charge on any atom is -0.393 e. The molecule has 5 rings (SSSR count). The molecule has 0 spiro atoms. The number of allylic oxidation sites excluding steroid dienone is 4. The highest BCUT2D eigenvalue weighted by molar-refractivity contribution is 7.97. The highest BCUT2D eigenvalue weighted by Gasteiger charge is 2.56. The number of carbonyl (C=O) groups excluding carboxylic acids is 1. The van der Waals surface area contributed by atoms with Gasteiger partial charge < -0.3 is 5.11 Å². The zero-order valence-electron chi connectivity index (χ0n) is 18.4. The summed E-state index contributed by atoms with van der Waals surface area (Å²) < 4.78 is 2.12. The SMILES string of the molecule is CN(C)Sc1ccc(C2CC3(C)C(O)CCC3C3CCC4=CC(=O)CCC4=C23)cc1. The van der Waals surface area contributed by atoms with E-state index in [0.717, 1.165) is 38.5 Å². The summed E-state index contributed by atoms with van der Waals surface area (Å²) in [5.41, 5.74) is 5.80. The molecule has 0 aromatic heterocycles. The second-order valence-electron chi connectivity index (χ2n) is 10.1.